The van der Waals surface area contributed by atoms with E-state index in [1.54, 1.807) is 12.5 Å². The molecule has 0 amide bonds. The van der Waals surface area contributed by atoms with Crippen LogP contribution in [0.1, 0.15) is 29.3 Å². The van der Waals surface area contributed by atoms with Gasteiger partial charge in [0.05, 0.1) is 16.9 Å². The monoisotopic (exact) mass is 470 g/mol. The van der Waals surface area contributed by atoms with Crippen molar-refractivity contribution in [1.29, 1.82) is 5.26 Å². The van der Waals surface area contributed by atoms with Crippen LogP contribution in [0, 0.1) is 17.1 Å². The molecule has 0 aliphatic rings. The number of nitrogens with zero attached hydrogens (tertiary/aromatic N) is 2. The normalized spacial score (nSPS) is 11.0. The molecule has 0 bridgehead atoms. The summed E-state index contributed by atoms with van der Waals surface area (Å²) in [7, 11) is 0. The first-order chi connectivity index (χ1) is 13.7. The second kappa shape index (κ2) is 13.1. The van der Waals surface area contributed by atoms with Gasteiger partial charge in [-0.25, -0.2) is 9.37 Å². The number of rotatable bonds is 9. The summed E-state index contributed by atoms with van der Waals surface area (Å²) >= 11 is 5.88. The number of nitrogens with one attached hydrogen (secondary N) is 2. The third-order valence-corrected chi connectivity index (χ3v) is 4.58. The third kappa shape index (κ3) is 7.19. The number of nitriles is 1. The summed E-state index contributed by atoms with van der Waals surface area (Å²) in [6.45, 7) is 1.51. The predicted octanol–water partition coefficient (Wildman–Crippen LogP) is 5.26. The Morgan fingerprint density at radius 1 is 1.20 bits per heavy atom. The number of aromatic amines is 1. The van der Waals surface area contributed by atoms with Crippen LogP contribution in [0.5, 0.6) is 5.75 Å². The highest BCUT2D eigenvalue weighted by Gasteiger charge is 2.17. The van der Waals surface area contributed by atoms with Gasteiger partial charge in [-0.2, -0.15) is 5.26 Å². The van der Waals surface area contributed by atoms with Gasteiger partial charge in [-0.1, -0.05) is 41.9 Å². The molecule has 9 heteroatoms. The SMILES string of the molecule is Cl.Cl.N#Cc1cc(F)c(Cl)cc1O[C@H](CCNCCc1cnc[nH]1)c1ccccc1. The number of halogens is 4. The van der Waals surface area contributed by atoms with Crippen LogP contribution in [-0.4, -0.2) is 23.1 Å². The number of imidazole rings is 1. The maximum Gasteiger partial charge on any atom is 0.143 e. The summed E-state index contributed by atoms with van der Waals surface area (Å²) in [5.41, 5.74) is 2.17. The second-order valence-corrected chi connectivity index (χ2v) is 6.66. The van der Waals surface area contributed by atoms with Crippen molar-refractivity contribution in [3.05, 3.63) is 82.6 Å². The highest BCUT2D eigenvalue weighted by Crippen LogP contribution is 2.31. The van der Waals surface area contributed by atoms with Gasteiger partial charge in [-0.15, -0.1) is 24.8 Å². The zero-order chi connectivity index (χ0) is 19.8. The molecule has 0 saturated carbocycles. The van der Waals surface area contributed by atoms with Gasteiger partial charge in [-0.3, -0.25) is 0 Å². The van der Waals surface area contributed by atoms with Crippen molar-refractivity contribution in [3.63, 3.8) is 0 Å². The zero-order valence-electron chi connectivity index (χ0n) is 16.0. The van der Waals surface area contributed by atoms with E-state index in [4.69, 9.17) is 16.3 Å². The van der Waals surface area contributed by atoms with Gasteiger partial charge in [0, 0.05) is 37.3 Å². The lowest BCUT2D eigenvalue weighted by Crippen LogP contribution is -2.22. The Balaban J connectivity index is 0.00000225. The molecule has 0 aliphatic heterocycles. The highest BCUT2D eigenvalue weighted by molar-refractivity contribution is 6.30. The van der Waals surface area contributed by atoms with Crippen molar-refractivity contribution >= 4 is 36.4 Å². The van der Waals surface area contributed by atoms with Crippen LogP contribution in [0.25, 0.3) is 0 Å². The average molecular weight is 472 g/mol. The molecule has 0 spiro atoms. The number of H-pyrrole nitrogens is 1. The van der Waals surface area contributed by atoms with Gasteiger partial charge >= 0.3 is 0 Å². The fourth-order valence-corrected chi connectivity index (χ4v) is 2.98. The standard InChI is InChI=1S/C21H20ClFN4O.2ClH/c22-18-11-21(16(12-24)10-19(18)23)28-20(15-4-2-1-3-5-15)7-9-25-8-6-17-13-26-14-27-17;;/h1-5,10-11,13-14,20,25H,6-9H2,(H,26,27);2*1H/t20-;;/m1../s1. The first-order valence-electron chi connectivity index (χ1n) is 8.96. The van der Waals surface area contributed by atoms with E-state index in [2.05, 4.69) is 15.3 Å². The first-order valence-corrected chi connectivity index (χ1v) is 9.34. The Hall–Kier alpha value is -2.30. The predicted molar refractivity (Wildman–Crippen MR) is 120 cm³/mol. The first kappa shape index (κ1) is 25.7. The maximum atomic E-state index is 13.7. The molecule has 0 saturated heterocycles. The van der Waals surface area contributed by atoms with Gasteiger partial charge < -0.3 is 15.0 Å². The van der Waals surface area contributed by atoms with E-state index in [1.165, 1.54) is 6.07 Å². The van der Waals surface area contributed by atoms with Crippen molar-refractivity contribution in [1.82, 2.24) is 15.3 Å². The van der Waals surface area contributed by atoms with Crippen LogP contribution < -0.4 is 10.1 Å². The van der Waals surface area contributed by atoms with Gasteiger partial charge in [0.25, 0.3) is 0 Å². The van der Waals surface area contributed by atoms with Crippen LogP contribution in [0.2, 0.25) is 5.02 Å². The summed E-state index contributed by atoms with van der Waals surface area (Å²) in [6.07, 6.45) is 4.69. The van der Waals surface area contributed by atoms with Crippen molar-refractivity contribution in [2.75, 3.05) is 13.1 Å². The highest BCUT2D eigenvalue weighted by atomic mass is 35.5. The lowest BCUT2D eigenvalue weighted by Gasteiger charge is -2.21. The van der Waals surface area contributed by atoms with E-state index in [0.29, 0.717) is 13.0 Å². The fraction of sp³-hybridized carbons (Fsp3) is 0.238. The second-order valence-electron chi connectivity index (χ2n) is 6.26. The average Bonchev–Trinajstić information content (AvgIpc) is 3.23. The quantitative estimate of drug-likeness (QED) is 0.418. The molecule has 2 N–H and O–H groups in total. The van der Waals surface area contributed by atoms with Crippen LogP contribution in [0.15, 0.2) is 55.0 Å². The molecule has 5 nitrogen and oxygen atoms in total. The van der Waals surface area contributed by atoms with Gasteiger partial charge in [-0.05, 0) is 18.2 Å². The molecular weight excluding hydrogens is 450 g/mol. The molecule has 0 unspecified atom stereocenters. The largest absolute Gasteiger partial charge is 0.484 e. The minimum Gasteiger partial charge on any atom is -0.484 e. The molecule has 160 valence electrons. The van der Waals surface area contributed by atoms with Crippen LogP contribution in [-0.2, 0) is 6.42 Å². The molecule has 3 rings (SSSR count). The fourth-order valence-electron chi connectivity index (χ4n) is 2.83. The van der Waals surface area contributed by atoms with E-state index < -0.39 is 5.82 Å². The van der Waals surface area contributed by atoms with E-state index >= 15 is 0 Å². The number of hydrogen-bond donors (Lipinski definition) is 2. The molecule has 1 atom stereocenters. The van der Waals surface area contributed by atoms with Gasteiger partial charge in [0.15, 0.2) is 0 Å². The van der Waals surface area contributed by atoms with Gasteiger partial charge in [0.1, 0.15) is 23.7 Å². The summed E-state index contributed by atoms with van der Waals surface area (Å²) in [4.78, 5) is 7.07. The summed E-state index contributed by atoms with van der Waals surface area (Å²) < 4.78 is 19.7. The molecule has 2 aromatic carbocycles. The third-order valence-electron chi connectivity index (χ3n) is 4.29. The minimum absolute atomic E-state index is 0. The number of aromatic nitrogens is 2. The Bertz CT molecular complexity index is 933. The minimum atomic E-state index is -0.637. The molecule has 1 aromatic heterocycles. The molecule has 3 aromatic rings. The van der Waals surface area contributed by atoms with E-state index in [9.17, 15) is 9.65 Å². The number of ether oxygens (including phenoxy) is 1. The van der Waals surface area contributed by atoms with E-state index in [1.807, 2.05) is 36.4 Å². The molecule has 30 heavy (non-hydrogen) atoms. The Morgan fingerprint density at radius 2 is 1.97 bits per heavy atom. The lowest BCUT2D eigenvalue weighted by molar-refractivity contribution is 0.193. The van der Waals surface area contributed by atoms with Crippen molar-refractivity contribution in [2.24, 2.45) is 0 Å². The molecule has 0 radical (unpaired) electrons. The van der Waals surface area contributed by atoms with Crippen molar-refractivity contribution in [2.45, 2.75) is 18.9 Å². The molecule has 1 heterocycles. The van der Waals surface area contributed by atoms with Gasteiger partial charge in [0.2, 0.25) is 0 Å². The van der Waals surface area contributed by atoms with Crippen LogP contribution in [0.4, 0.5) is 4.39 Å². The summed E-state index contributed by atoms with van der Waals surface area (Å²) in [6, 6.07) is 14.1. The Morgan fingerprint density at radius 3 is 2.63 bits per heavy atom. The Kier molecular flexibility index (Phi) is 11.2. The van der Waals surface area contributed by atoms with Crippen LogP contribution >= 0.6 is 36.4 Å². The zero-order valence-corrected chi connectivity index (χ0v) is 18.4. The maximum absolute atomic E-state index is 13.7. The number of hydrogen-bond acceptors (Lipinski definition) is 4. The molecule has 0 fully saturated rings. The van der Waals surface area contributed by atoms with E-state index in [0.717, 1.165) is 30.3 Å². The van der Waals surface area contributed by atoms with Crippen molar-refractivity contribution in [3.8, 4) is 11.8 Å². The van der Waals surface area contributed by atoms with Crippen LogP contribution in [0.3, 0.4) is 0 Å². The lowest BCUT2D eigenvalue weighted by atomic mass is 10.1. The summed E-state index contributed by atoms with van der Waals surface area (Å²) in [5.74, 6) is -0.359. The topological polar surface area (TPSA) is 73.7 Å². The molecule has 0 aliphatic carbocycles. The summed E-state index contributed by atoms with van der Waals surface area (Å²) in [5, 5.41) is 12.6. The molecular formula is C21H22Cl3FN4O. The number of benzene rings is 2. The Labute approximate surface area is 192 Å². The smallest absolute Gasteiger partial charge is 0.143 e. The van der Waals surface area contributed by atoms with E-state index in [-0.39, 0.29) is 47.3 Å². The van der Waals surface area contributed by atoms with Crippen molar-refractivity contribution < 1.29 is 9.13 Å².